The van der Waals surface area contributed by atoms with Gasteiger partial charge in [0.1, 0.15) is 0 Å². The Labute approximate surface area is 53.5 Å². The standard InChI is InChI=1S/C7H8NO/c1-2-6-5-8-4-3-7(6)9/h3-5H,1-2H2,(H,8,9). The van der Waals surface area contributed by atoms with Crippen molar-refractivity contribution in [3.05, 3.63) is 41.2 Å². The molecule has 0 spiro atoms. The van der Waals surface area contributed by atoms with E-state index in [1.165, 1.54) is 6.07 Å². The van der Waals surface area contributed by atoms with Crippen LogP contribution in [-0.4, -0.2) is 4.98 Å². The van der Waals surface area contributed by atoms with E-state index in [1.807, 2.05) is 0 Å². The zero-order valence-corrected chi connectivity index (χ0v) is 5.05. The van der Waals surface area contributed by atoms with Crippen LogP contribution in [0.2, 0.25) is 0 Å². The fourth-order valence-electron chi connectivity index (χ4n) is 0.646. The number of hydrogen-bond acceptors (Lipinski definition) is 1. The molecule has 0 amide bonds. The number of hydrogen-bond donors (Lipinski definition) is 1. The molecule has 0 atom stereocenters. The predicted molar refractivity (Wildman–Crippen MR) is 36.1 cm³/mol. The highest BCUT2D eigenvalue weighted by Crippen LogP contribution is 1.85. The summed E-state index contributed by atoms with van der Waals surface area (Å²) in [6, 6.07) is 1.50. The van der Waals surface area contributed by atoms with E-state index in [9.17, 15) is 4.79 Å². The zero-order valence-electron chi connectivity index (χ0n) is 5.05. The monoisotopic (exact) mass is 122 g/mol. The summed E-state index contributed by atoms with van der Waals surface area (Å²) >= 11 is 0. The molecule has 0 saturated carbocycles. The molecule has 0 bridgehead atoms. The lowest BCUT2D eigenvalue weighted by Gasteiger charge is -1.89. The van der Waals surface area contributed by atoms with Crippen molar-refractivity contribution in [2.75, 3.05) is 0 Å². The molecule has 1 aromatic rings. The van der Waals surface area contributed by atoms with Gasteiger partial charge < -0.3 is 4.98 Å². The third-order valence-electron chi connectivity index (χ3n) is 1.17. The largest absolute Gasteiger partial charge is 0.367 e. The highest BCUT2D eigenvalue weighted by Gasteiger charge is 1.90. The van der Waals surface area contributed by atoms with Crippen molar-refractivity contribution in [2.24, 2.45) is 0 Å². The summed E-state index contributed by atoms with van der Waals surface area (Å²) < 4.78 is 0. The molecule has 2 heteroatoms. The first-order valence-electron chi connectivity index (χ1n) is 2.80. The van der Waals surface area contributed by atoms with Crippen molar-refractivity contribution < 1.29 is 0 Å². The Kier molecular flexibility index (Phi) is 1.68. The van der Waals surface area contributed by atoms with Crippen LogP contribution in [0.25, 0.3) is 0 Å². The van der Waals surface area contributed by atoms with Gasteiger partial charge in [0.2, 0.25) is 0 Å². The van der Waals surface area contributed by atoms with Crippen LogP contribution < -0.4 is 5.43 Å². The minimum Gasteiger partial charge on any atom is -0.367 e. The van der Waals surface area contributed by atoms with E-state index in [1.54, 1.807) is 12.4 Å². The number of aromatic nitrogens is 1. The minimum atomic E-state index is 0.0590. The second-order valence-electron chi connectivity index (χ2n) is 1.78. The second-order valence-corrected chi connectivity index (χ2v) is 1.78. The van der Waals surface area contributed by atoms with Gasteiger partial charge >= 0.3 is 0 Å². The van der Waals surface area contributed by atoms with Crippen molar-refractivity contribution in [1.29, 1.82) is 0 Å². The van der Waals surface area contributed by atoms with E-state index in [-0.39, 0.29) is 5.43 Å². The quantitative estimate of drug-likeness (QED) is 0.585. The van der Waals surface area contributed by atoms with Crippen molar-refractivity contribution in [1.82, 2.24) is 4.98 Å². The van der Waals surface area contributed by atoms with Gasteiger partial charge in [-0.25, -0.2) is 0 Å². The van der Waals surface area contributed by atoms with Crippen molar-refractivity contribution in [2.45, 2.75) is 6.42 Å². The molecule has 0 aliphatic carbocycles. The van der Waals surface area contributed by atoms with E-state index in [4.69, 9.17) is 0 Å². The normalized spacial score (nSPS) is 9.44. The van der Waals surface area contributed by atoms with Crippen molar-refractivity contribution in [3.8, 4) is 0 Å². The number of H-pyrrole nitrogens is 1. The maximum Gasteiger partial charge on any atom is 0.184 e. The number of aromatic amines is 1. The first-order chi connectivity index (χ1) is 4.34. The first kappa shape index (κ1) is 6.08. The van der Waals surface area contributed by atoms with E-state index >= 15 is 0 Å². The molecule has 0 aliphatic rings. The summed E-state index contributed by atoms with van der Waals surface area (Å²) in [4.78, 5) is 13.6. The van der Waals surface area contributed by atoms with E-state index in [0.717, 1.165) is 5.56 Å². The lowest BCUT2D eigenvalue weighted by atomic mass is 10.2. The van der Waals surface area contributed by atoms with Gasteiger partial charge in [-0.15, -0.1) is 0 Å². The maximum atomic E-state index is 10.8. The number of nitrogens with one attached hydrogen (secondary N) is 1. The fourth-order valence-corrected chi connectivity index (χ4v) is 0.646. The Bertz CT molecular complexity index is 239. The maximum absolute atomic E-state index is 10.8. The zero-order chi connectivity index (χ0) is 6.69. The molecule has 1 N–H and O–H groups in total. The van der Waals surface area contributed by atoms with Crippen LogP contribution in [0.1, 0.15) is 5.56 Å². The summed E-state index contributed by atoms with van der Waals surface area (Å²) in [7, 11) is 0. The molecular weight excluding hydrogens is 114 g/mol. The van der Waals surface area contributed by atoms with Crippen LogP contribution in [-0.2, 0) is 6.42 Å². The van der Waals surface area contributed by atoms with E-state index < -0.39 is 0 Å². The summed E-state index contributed by atoms with van der Waals surface area (Å²) in [5, 5.41) is 0. The molecule has 1 rings (SSSR count). The highest BCUT2D eigenvalue weighted by atomic mass is 16.1. The molecule has 1 heterocycles. The Hall–Kier alpha value is -1.05. The van der Waals surface area contributed by atoms with Gasteiger partial charge in [0, 0.05) is 24.0 Å². The molecular formula is C7H8NO. The van der Waals surface area contributed by atoms with E-state index in [2.05, 4.69) is 11.9 Å². The average Bonchev–Trinajstić information content (AvgIpc) is 1.89. The van der Waals surface area contributed by atoms with E-state index in [0.29, 0.717) is 6.42 Å². The fraction of sp³-hybridized carbons (Fsp3) is 0.143. The molecule has 1 aromatic heterocycles. The summed E-state index contributed by atoms with van der Waals surface area (Å²) in [5.74, 6) is 0. The Morgan fingerprint density at radius 3 is 2.89 bits per heavy atom. The molecule has 2 nitrogen and oxygen atoms in total. The number of pyridine rings is 1. The summed E-state index contributed by atoms with van der Waals surface area (Å²) in [6.07, 6.45) is 3.84. The Morgan fingerprint density at radius 1 is 1.67 bits per heavy atom. The smallest absolute Gasteiger partial charge is 0.184 e. The summed E-state index contributed by atoms with van der Waals surface area (Å²) in [5.41, 5.74) is 0.793. The lowest BCUT2D eigenvalue weighted by Crippen LogP contribution is -2.05. The third kappa shape index (κ3) is 1.19. The third-order valence-corrected chi connectivity index (χ3v) is 1.17. The topological polar surface area (TPSA) is 32.9 Å². The predicted octanol–water partition coefficient (Wildman–Crippen LogP) is 0.751. The van der Waals surface area contributed by atoms with Crippen LogP contribution in [0.15, 0.2) is 23.3 Å². The van der Waals surface area contributed by atoms with Gasteiger partial charge in [-0.2, -0.15) is 0 Å². The van der Waals surface area contributed by atoms with Gasteiger partial charge in [-0.3, -0.25) is 4.79 Å². The molecule has 47 valence electrons. The van der Waals surface area contributed by atoms with Crippen LogP contribution in [0, 0.1) is 6.92 Å². The molecule has 0 unspecified atom stereocenters. The molecule has 0 aromatic carbocycles. The van der Waals surface area contributed by atoms with Gasteiger partial charge in [0.15, 0.2) is 5.43 Å². The Balaban J connectivity index is 3.16. The summed E-state index contributed by atoms with van der Waals surface area (Å²) in [6.45, 7) is 3.60. The van der Waals surface area contributed by atoms with Crippen LogP contribution in [0.3, 0.4) is 0 Å². The SMILES string of the molecule is [CH2]Cc1c[nH]ccc1=O. The van der Waals surface area contributed by atoms with Gasteiger partial charge in [-0.05, 0) is 13.3 Å². The van der Waals surface area contributed by atoms with Crippen molar-refractivity contribution >= 4 is 0 Å². The number of rotatable bonds is 1. The molecule has 0 fully saturated rings. The van der Waals surface area contributed by atoms with Crippen molar-refractivity contribution in [3.63, 3.8) is 0 Å². The van der Waals surface area contributed by atoms with Gasteiger partial charge in [0.05, 0.1) is 0 Å². The average molecular weight is 122 g/mol. The van der Waals surface area contributed by atoms with Gasteiger partial charge in [-0.1, -0.05) is 0 Å². The van der Waals surface area contributed by atoms with Crippen LogP contribution in [0.4, 0.5) is 0 Å². The van der Waals surface area contributed by atoms with Gasteiger partial charge in [0.25, 0.3) is 0 Å². The first-order valence-corrected chi connectivity index (χ1v) is 2.80. The van der Waals surface area contributed by atoms with Crippen LogP contribution >= 0.6 is 0 Å². The Morgan fingerprint density at radius 2 is 2.44 bits per heavy atom. The molecule has 0 aliphatic heterocycles. The highest BCUT2D eigenvalue weighted by molar-refractivity contribution is 5.09. The molecule has 9 heavy (non-hydrogen) atoms. The molecule has 1 radical (unpaired) electrons. The lowest BCUT2D eigenvalue weighted by molar-refractivity contribution is 1.16. The second kappa shape index (κ2) is 2.49. The molecule has 0 saturated heterocycles. The minimum absolute atomic E-state index is 0.0590. The van der Waals surface area contributed by atoms with Crippen LogP contribution in [0.5, 0.6) is 0 Å².